The molecule has 0 aliphatic heterocycles. The Balaban J connectivity index is 3.82. The van der Waals surface area contributed by atoms with Crippen molar-refractivity contribution in [3.8, 4) is 0 Å². The number of carboxylic acids is 2. The second-order valence-corrected chi connectivity index (χ2v) is 13.6. The van der Waals surface area contributed by atoms with Crippen molar-refractivity contribution >= 4 is 41.4 Å². The molecule has 0 saturated carbocycles. The summed E-state index contributed by atoms with van der Waals surface area (Å²) >= 11 is 0. The number of nitrogens with two attached hydrogens (primary N) is 1. The Labute approximate surface area is 304 Å². The van der Waals surface area contributed by atoms with Gasteiger partial charge in [-0.05, 0) is 58.3 Å². The average Bonchev–Trinajstić information content (AvgIpc) is 3.06. The number of aliphatic carboxylic acids is 2. The number of ketones is 1. The molecule has 0 aromatic rings. The molecule has 2 atom stereocenters. The van der Waals surface area contributed by atoms with Gasteiger partial charge in [0.15, 0.2) is 0 Å². The molecule has 0 radical (unpaired) electrons. The number of carboxylic acid groups (broad SMARTS) is 2. The number of hydrogen-bond donors (Lipinski definition) is 6. The van der Waals surface area contributed by atoms with Crippen LogP contribution >= 0.6 is 0 Å². The van der Waals surface area contributed by atoms with Gasteiger partial charge in [0.05, 0.1) is 12.6 Å². The van der Waals surface area contributed by atoms with Gasteiger partial charge in [-0.25, -0.2) is 4.79 Å². The maximum Gasteiger partial charge on any atom is 0.326 e. The Bertz CT molecular complexity index is 1040. The van der Waals surface area contributed by atoms with Gasteiger partial charge in [-0.15, -0.1) is 0 Å². The second-order valence-electron chi connectivity index (χ2n) is 13.6. The normalized spacial score (nSPS) is 12.1. The highest BCUT2D eigenvalue weighted by atomic mass is 16.4. The van der Waals surface area contributed by atoms with E-state index >= 15 is 0 Å². The van der Waals surface area contributed by atoms with Gasteiger partial charge in [-0.1, -0.05) is 70.6 Å². The van der Waals surface area contributed by atoms with Gasteiger partial charge in [-0.2, -0.15) is 0 Å². The van der Waals surface area contributed by atoms with Crippen LogP contribution < -0.4 is 21.7 Å². The highest BCUT2D eigenvalue weighted by Gasteiger charge is 2.21. The molecule has 0 aromatic heterocycles. The average molecular weight is 726 g/mol. The molecule has 51 heavy (non-hydrogen) atoms. The lowest BCUT2D eigenvalue weighted by atomic mass is 10.0. The zero-order valence-electron chi connectivity index (χ0n) is 31.3. The molecule has 7 N–H and O–H groups in total. The highest BCUT2D eigenvalue weighted by molar-refractivity contribution is 5.87. The maximum atomic E-state index is 12.3. The van der Waals surface area contributed by atoms with Crippen LogP contribution in [-0.2, 0) is 33.6 Å². The first-order chi connectivity index (χ1) is 24.3. The second kappa shape index (κ2) is 31.2. The molecular weight excluding hydrogens is 658 g/mol. The molecule has 14 nitrogen and oxygen atoms in total. The van der Waals surface area contributed by atoms with Crippen LogP contribution in [0, 0.1) is 0 Å². The van der Waals surface area contributed by atoms with E-state index in [0.717, 1.165) is 57.8 Å². The minimum absolute atomic E-state index is 0.00850. The fourth-order valence-electron chi connectivity index (χ4n) is 5.66. The first kappa shape index (κ1) is 47.4. The van der Waals surface area contributed by atoms with Gasteiger partial charge in [0.2, 0.25) is 23.6 Å². The van der Waals surface area contributed by atoms with E-state index in [1.165, 1.54) is 31.1 Å². The Morgan fingerprint density at radius 3 is 1.49 bits per heavy atom. The summed E-state index contributed by atoms with van der Waals surface area (Å²) in [6.45, 7) is 2.36. The van der Waals surface area contributed by atoms with Crippen LogP contribution in [0.5, 0.6) is 0 Å². The summed E-state index contributed by atoms with van der Waals surface area (Å²) in [6, 6.07) is -1.78. The largest absolute Gasteiger partial charge is 0.481 e. The number of amides is 4. The molecule has 0 heterocycles. The maximum absolute atomic E-state index is 12.3. The van der Waals surface area contributed by atoms with E-state index in [2.05, 4.69) is 16.0 Å². The van der Waals surface area contributed by atoms with Crippen LogP contribution in [0.4, 0.5) is 0 Å². The van der Waals surface area contributed by atoms with Crippen LogP contribution in [0.25, 0.3) is 0 Å². The standard InChI is InChI=1S/C37H67N5O9/c1-29(43)28-42(2)36(49)30(38)20-17-19-27-39-32(44)21-15-13-18-26-40-33(45)25-24-31(37(50)51)41-34(46)22-14-11-9-7-5-3-4-6-8-10-12-16-23-35(47)48/h30-31H,3-28,38H2,1-2H3,(H,39,44)(H,40,45)(H,41,46)(H,47,48)(H,50,51)/t30-,31-/m0/s1. The van der Waals surface area contributed by atoms with Crippen LogP contribution in [0.3, 0.4) is 0 Å². The van der Waals surface area contributed by atoms with Gasteiger partial charge in [0.1, 0.15) is 11.8 Å². The Morgan fingerprint density at radius 1 is 0.569 bits per heavy atom. The fraction of sp³-hybridized carbons (Fsp3) is 0.811. The number of nitrogens with one attached hydrogen (secondary N) is 3. The minimum Gasteiger partial charge on any atom is -0.481 e. The molecule has 4 amide bonds. The summed E-state index contributed by atoms with van der Waals surface area (Å²) in [5.74, 6) is -2.93. The van der Waals surface area contributed by atoms with E-state index in [0.29, 0.717) is 58.0 Å². The molecule has 0 aromatic carbocycles. The number of likely N-dealkylation sites (N-methyl/N-ethyl adjacent to an activating group) is 1. The first-order valence-electron chi connectivity index (χ1n) is 19.1. The molecule has 294 valence electrons. The molecule has 0 spiro atoms. The lowest BCUT2D eigenvalue weighted by Crippen LogP contribution is -2.43. The van der Waals surface area contributed by atoms with Crippen LogP contribution in [-0.4, -0.2) is 95.2 Å². The van der Waals surface area contributed by atoms with Gasteiger partial charge in [-0.3, -0.25) is 28.8 Å². The van der Waals surface area contributed by atoms with Crippen molar-refractivity contribution in [1.29, 1.82) is 0 Å². The summed E-state index contributed by atoms with van der Waals surface area (Å²) in [5, 5.41) is 26.3. The van der Waals surface area contributed by atoms with E-state index in [-0.39, 0.29) is 61.6 Å². The van der Waals surface area contributed by atoms with Crippen molar-refractivity contribution in [1.82, 2.24) is 20.9 Å². The smallest absolute Gasteiger partial charge is 0.326 e. The molecule has 0 aliphatic carbocycles. The van der Waals surface area contributed by atoms with Crippen molar-refractivity contribution in [2.24, 2.45) is 5.73 Å². The molecular formula is C37H67N5O9. The first-order valence-corrected chi connectivity index (χ1v) is 19.1. The van der Waals surface area contributed by atoms with Crippen LogP contribution in [0.2, 0.25) is 0 Å². The lowest BCUT2D eigenvalue weighted by molar-refractivity contribution is -0.142. The number of unbranched alkanes of at least 4 members (excludes halogenated alkanes) is 14. The van der Waals surface area contributed by atoms with Crippen LogP contribution in [0.1, 0.15) is 155 Å². The van der Waals surface area contributed by atoms with Gasteiger partial charge >= 0.3 is 11.9 Å². The Kier molecular flexibility index (Phi) is 29.0. The van der Waals surface area contributed by atoms with Crippen molar-refractivity contribution in [3.63, 3.8) is 0 Å². The third-order valence-corrected chi connectivity index (χ3v) is 8.66. The van der Waals surface area contributed by atoms with Crippen molar-refractivity contribution in [3.05, 3.63) is 0 Å². The monoisotopic (exact) mass is 725 g/mol. The fourth-order valence-corrected chi connectivity index (χ4v) is 5.66. The zero-order chi connectivity index (χ0) is 38.3. The number of hydrogen-bond acceptors (Lipinski definition) is 8. The molecule has 0 rings (SSSR count). The predicted molar refractivity (Wildman–Crippen MR) is 196 cm³/mol. The van der Waals surface area contributed by atoms with Gasteiger partial charge in [0.25, 0.3) is 0 Å². The van der Waals surface area contributed by atoms with Gasteiger partial charge < -0.3 is 36.8 Å². The van der Waals surface area contributed by atoms with Gasteiger partial charge in [0, 0.05) is 45.8 Å². The number of carbonyl (C=O) groups is 7. The minimum atomic E-state index is -1.16. The number of carbonyl (C=O) groups excluding carboxylic acids is 5. The van der Waals surface area contributed by atoms with E-state index in [1.54, 1.807) is 7.05 Å². The lowest BCUT2D eigenvalue weighted by Gasteiger charge is -2.20. The summed E-state index contributed by atoms with van der Waals surface area (Å²) in [6.07, 6.45) is 17.2. The molecule has 0 bridgehead atoms. The van der Waals surface area contributed by atoms with Crippen molar-refractivity contribution in [2.75, 3.05) is 26.7 Å². The summed E-state index contributed by atoms with van der Waals surface area (Å²) < 4.78 is 0. The number of nitrogens with zero attached hydrogens (tertiary/aromatic N) is 1. The van der Waals surface area contributed by atoms with E-state index in [9.17, 15) is 38.7 Å². The zero-order valence-corrected chi connectivity index (χ0v) is 31.3. The quantitative estimate of drug-likeness (QED) is 0.0518. The molecule has 0 aliphatic rings. The van der Waals surface area contributed by atoms with E-state index in [1.807, 2.05) is 0 Å². The van der Waals surface area contributed by atoms with Crippen LogP contribution in [0.15, 0.2) is 0 Å². The highest BCUT2D eigenvalue weighted by Crippen LogP contribution is 2.13. The van der Waals surface area contributed by atoms with Crippen molar-refractivity contribution < 1.29 is 43.8 Å². The third kappa shape index (κ3) is 29.8. The van der Waals surface area contributed by atoms with E-state index < -0.39 is 24.0 Å². The molecule has 0 unspecified atom stereocenters. The summed E-state index contributed by atoms with van der Waals surface area (Å²) in [4.78, 5) is 83.3. The third-order valence-electron chi connectivity index (χ3n) is 8.66. The SMILES string of the molecule is CC(=O)CN(C)C(=O)[C@@H](N)CCCCNC(=O)CCCCCNC(=O)CC[C@H](NC(=O)CCCCCCCCCCCCCCC(=O)O)C(=O)O. The van der Waals surface area contributed by atoms with Crippen molar-refractivity contribution in [2.45, 2.75) is 167 Å². The summed E-state index contributed by atoms with van der Waals surface area (Å²) in [7, 11) is 1.55. The number of rotatable bonds is 34. The predicted octanol–water partition coefficient (Wildman–Crippen LogP) is 4.22. The Hall–Kier alpha value is -3.55. The summed E-state index contributed by atoms with van der Waals surface area (Å²) in [5.41, 5.74) is 5.91. The topological polar surface area (TPSA) is 225 Å². The molecule has 0 fully saturated rings. The molecule has 14 heteroatoms. The number of Topliss-reactive ketones (excluding diaryl/α,β-unsaturated/α-hetero) is 1. The Morgan fingerprint density at radius 2 is 1.00 bits per heavy atom. The molecule has 0 saturated heterocycles. The van der Waals surface area contributed by atoms with E-state index in [4.69, 9.17) is 10.8 Å².